The monoisotopic (exact) mass is 469 g/mol. The summed E-state index contributed by atoms with van der Waals surface area (Å²) in [6.45, 7) is 1.91. The van der Waals surface area contributed by atoms with Gasteiger partial charge in [0.2, 0.25) is 6.79 Å². The van der Waals surface area contributed by atoms with E-state index < -0.39 is 18.0 Å². The van der Waals surface area contributed by atoms with Crippen molar-refractivity contribution in [1.29, 1.82) is 0 Å². The zero-order valence-corrected chi connectivity index (χ0v) is 16.0. The number of aromatic hydroxyl groups is 1. The lowest BCUT2D eigenvalue weighted by Gasteiger charge is -2.14. The van der Waals surface area contributed by atoms with Crippen molar-refractivity contribution in [3.8, 4) is 17.2 Å². The Balaban J connectivity index is 1.56. The van der Waals surface area contributed by atoms with Crippen LogP contribution in [0, 0.1) is 3.57 Å². The molecule has 7 nitrogen and oxygen atoms in total. The molecule has 8 heteroatoms. The highest BCUT2D eigenvalue weighted by Crippen LogP contribution is 2.32. The number of carbonyl (C=O) groups excluding carboxylic acids is 2. The standard InChI is InChI=1S/C18H16INO6/c1-10(26-18(23)13-7-12(19)3-4-14(13)21)17(22)20-8-11-2-5-15-16(6-11)25-9-24-15/h2-7,10,21H,8-9H2,1H3,(H,20,22). The van der Waals surface area contributed by atoms with Crippen molar-refractivity contribution in [3.63, 3.8) is 0 Å². The minimum atomic E-state index is -1.01. The van der Waals surface area contributed by atoms with Crippen LogP contribution in [0.3, 0.4) is 0 Å². The molecule has 0 saturated carbocycles. The second kappa shape index (κ2) is 7.81. The minimum absolute atomic E-state index is 0.0207. The zero-order chi connectivity index (χ0) is 18.7. The Morgan fingerprint density at radius 1 is 1.23 bits per heavy atom. The first-order valence-electron chi connectivity index (χ1n) is 7.80. The van der Waals surface area contributed by atoms with Gasteiger partial charge in [-0.1, -0.05) is 6.07 Å². The molecule has 2 aromatic rings. The first kappa shape index (κ1) is 18.3. The van der Waals surface area contributed by atoms with Gasteiger partial charge in [-0.15, -0.1) is 0 Å². The maximum atomic E-state index is 12.2. The molecule has 1 heterocycles. The lowest BCUT2D eigenvalue weighted by atomic mass is 10.2. The summed E-state index contributed by atoms with van der Waals surface area (Å²) in [6.07, 6.45) is -1.01. The van der Waals surface area contributed by atoms with Gasteiger partial charge in [0.1, 0.15) is 11.3 Å². The average Bonchev–Trinajstić information content (AvgIpc) is 3.09. The molecule has 0 fully saturated rings. The highest BCUT2D eigenvalue weighted by Gasteiger charge is 2.21. The average molecular weight is 469 g/mol. The minimum Gasteiger partial charge on any atom is -0.507 e. The number of benzene rings is 2. The van der Waals surface area contributed by atoms with Crippen molar-refractivity contribution in [2.45, 2.75) is 19.6 Å². The predicted octanol–water partition coefficient (Wildman–Crippen LogP) is 2.59. The van der Waals surface area contributed by atoms with Gasteiger partial charge in [-0.05, 0) is 65.4 Å². The second-order valence-electron chi connectivity index (χ2n) is 5.61. The summed E-state index contributed by atoms with van der Waals surface area (Å²) in [5.74, 6) is -0.0960. The van der Waals surface area contributed by atoms with Crippen molar-refractivity contribution < 1.29 is 28.9 Å². The third-order valence-corrected chi connectivity index (χ3v) is 4.41. The quantitative estimate of drug-likeness (QED) is 0.517. The number of fused-ring (bicyclic) bond motifs is 1. The molecule has 1 aliphatic heterocycles. The normalized spacial score (nSPS) is 13.2. The van der Waals surface area contributed by atoms with Crippen LogP contribution < -0.4 is 14.8 Å². The van der Waals surface area contributed by atoms with Crippen LogP contribution in [0.5, 0.6) is 17.2 Å². The van der Waals surface area contributed by atoms with Gasteiger partial charge in [-0.25, -0.2) is 4.79 Å². The van der Waals surface area contributed by atoms with E-state index in [4.69, 9.17) is 14.2 Å². The van der Waals surface area contributed by atoms with Gasteiger partial charge >= 0.3 is 5.97 Å². The van der Waals surface area contributed by atoms with E-state index in [0.717, 1.165) is 9.13 Å². The summed E-state index contributed by atoms with van der Waals surface area (Å²) in [6, 6.07) is 9.93. The number of nitrogens with one attached hydrogen (secondary N) is 1. The Kier molecular flexibility index (Phi) is 5.50. The van der Waals surface area contributed by atoms with Gasteiger partial charge in [-0.3, -0.25) is 4.79 Å². The number of amides is 1. The van der Waals surface area contributed by atoms with E-state index in [1.54, 1.807) is 18.2 Å². The molecule has 0 saturated heterocycles. The maximum Gasteiger partial charge on any atom is 0.342 e. The third kappa shape index (κ3) is 4.18. The van der Waals surface area contributed by atoms with Gasteiger partial charge in [0.15, 0.2) is 17.6 Å². The summed E-state index contributed by atoms with van der Waals surface area (Å²) in [4.78, 5) is 24.3. The number of carbonyl (C=O) groups is 2. The molecule has 0 spiro atoms. The summed E-state index contributed by atoms with van der Waals surface area (Å²) in [5, 5.41) is 12.5. The molecular weight excluding hydrogens is 453 g/mol. The van der Waals surface area contributed by atoms with Crippen LogP contribution in [0.1, 0.15) is 22.8 Å². The molecule has 0 bridgehead atoms. The van der Waals surface area contributed by atoms with Crippen LogP contribution in [-0.4, -0.2) is 29.9 Å². The molecule has 1 amide bonds. The molecule has 1 aliphatic rings. The molecular formula is C18H16INO6. The van der Waals surface area contributed by atoms with Gasteiger partial charge in [0.05, 0.1) is 0 Å². The Bertz CT molecular complexity index is 854. The number of hydrogen-bond acceptors (Lipinski definition) is 6. The Morgan fingerprint density at radius 2 is 2.00 bits per heavy atom. The lowest BCUT2D eigenvalue weighted by Crippen LogP contribution is -2.35. The molecule has 1 unspecified atom stereocenters. The Morgan fingerprint density at radius 3 is 2.81 bits per heavy atom. The summed E-state index contributed by atoms with van der Waals surface area (Å²) in [7, 11) is 0. The van der Waals surface area contributed by atoms with Gasteiger partial charge in [0.25, 0.3) is 5.91 Å². The third-order valence-electron chi connectivity index (χ3n) is 3.74. The fourth-order valence-corrected chi connectivity index (χ4v) is 2.82. The fraction of sp³-hybridized carbons (Fsp3) is 0.222. The summed E-state index contributed by atoms with van der Waals surface area (Å²) < 4.78 is 16.4. The number of esters is 1. The molecule has 26 heavy (non-hydrogen) atoms. The molecule has 2 aromatic carbocycles. The van der Waals surface area contributed by atoms with Crippen LogP contribution in [-0.2, 0) is 16.1 Å². The number of phenols is 1. The highest BCUT2D eigenvalue weighted by molar-refractivity contribution is 14.1. The van der Waals surface area contributed by atoms with Crippen molar-refractivity contribution >= 4 is 34.5 Å². The summed E-state index contributed by atoms with van der Waals surface area (Å²) in [5.41, 5.74) is 0.851. The van der Waals surface area contributed by atoms with Gasteiger partial charge in [0, 0.05) is 10.1 Å². The lowest BCUT2D eigenvalue weighted by molar-refractivity contribution is -0.129. The highest BCUT2D eigenvalue weighted by atomic mass is 127. The van der Waals surface area contributed by atoms with Crippen LogP contribution >= 0.6 is 22.6 Å². The molecule has 3 rings (SSSR count). The van der Waals surface area contributed by atoms with E-state index in [2.05, 4.69) is 5.32 Å². The molecule has 0 aliphatic carbocycles. The first-order chi connectivity index (χ1) is 12.4. The zero-order valence-electron chi connectivity index (χ0n) is 13.8. The Labute approximate surface area is 163 Å². The van der Waals surface area contributed by atoms with Crippen LogP contribution in [0.4, 0.5) is 0 Å². The fourth-order valence-electron chi connectivity index (χ4n) is 2.33. The van der Waals surface area contributed by atoms with E-state index in [9.17, 15) is 14.7 Å². The van der Waals surface area contributed by atoms with E-state index in [1.165, 1.54) is 19.1 Å². The molecule has 0 radical (unpaired) electrons. The van der Waals surface area contributed by atoms with Crippen LogP contribution in [0.15, 0.2) is 36.4 Å². The smallest absolute Gasteiger partial charge is 0.342 e. The van der Waals surface area contributed by atoms with E-state index in [-0.39, 0.29) is 24.7 Å². The van der Waals surface area contributed by atoms with Crippen molar-refractivity contribution in [3.05, 3.63) is 51.1 Å². The van der Waals surface area contributed by atoms with Gasteiger partial charge in [-0.2, -0.15) is 0 Å². The number of halogens is 1. The van der Waals surface area contributed by atoms with E-state index >= 15 is 0 Å². The molecule has 2 N–H and O–H groups in total. The maximum absolute atomic E-state index is 12.2. The topological polar surface area (TPSA) is 94.1 Å². The van der Waals surface area contributed by atoms with Crippen molar-refractivity contribution in [2.75, 3.05) is 6.79 Å². The second-order valence-corrected chi connectivity index (χ2v) is 6.86. The van der Waals surface area contributed by atoms with E-state index in [1.807, 2.05) is 28.7 Å². The number of ether oxygens (including phenoxy) is 3. The number of phenolic OH excluding ortho intramolecular Hbond substituents is 1. The SMILES string of the molecule is CC(OC(=O)c1cc(I)ccc1O)C(=O)NCc1ccc2c(c1)OCO2. The summed E-state index contributed by atoms with van der Waals surface area (Å²) >= 11 is 2.02. The molecule has 1 atom stereocenters. The van der Waals surface area contributed by atoms with Crippen molar-refractivity contribution in [1.82, 2.24) is 5.32 Å². The Hall–Kier alpha value is -2.49. The van der Waals surface area contributed by atoms with Gasteiger partial charge < -0.3 is 24.6 Å². The largest absolute Gasteiger partial charge is 0.507 e. The number of rotatable bonds is 5. The number of hydrogen-bond donors (Lipinski definition) is 2. The molecule has 136 valence electrons. The van der Waals surface area contributed by atoms with Crippen LogP contribution in [0.2, 0.25) is 0 Å². The predicted molar refractivity (Wildman–Crippen MR) is 100 cm³/mol. The first-order valence-corrected chi connectivity index (χ1v) is 8.87. The van der Waals surface area contributed by atoms with Crippen molar-refractivity contribution in [2.24, 2.45) is 0 Å². The van der Waals surface area contributed by atoms with Crippen LogP contribution in [0.25, 0.3) is 0 Å². The van der Waals surface area contributed by atoms with E-state index in [0.29, 0.717) is 11.5 Å². The molecule has 0 aromatic heterocycles.